The van der Waals surface area contributed by atoms with Crippen molar-refractivity contribution in [2.24, 2.45) is 0 Å². The van der Waals surface area contributed by atoms with Crippen molar-refractivity contribution >= 4 is 21.5 Å². The van der Waals surface area contributed by atoms with Gasteiger partial charge in [-0.05, 0) is 112 Å². The summed E-state index contributed by atoms with van der Waals surface area (Å²) in [7, 11) is 3.28. The third-order valence-corrected chi connectivity index (χ3v) is 10.7. The Kier molecular flexibility index (Phi) is 15.8. The first-order valence-electron chi connectivity index (χ1n) is 20.7. The zero-order chi connectivity index (χ0) is 46.7. The number of hydrogen-bond acceptors (Lipinski definition) is 8. The van der Waals surface area contributed by atoms with Crippen LogP contribution in [0.2, 0.25) is 0 Å². The van der Waals surface area contributed by atoms with Gasteiger partial charge in [0.2, 0.25) is 0 Å². The number of aryl methyl sites for hydroxylation is 2. The van der Waals surface area contributed by atoms with E-state index in [1.165, 1.54) is 44.6 Å². The SMILES string of the molecule is C.C.COc1c(-c2ccc3cc(O)ccc3c2)cc(-n2ccc(=O)[nH]c2=O)cc1C(C)(C)C.COc1c(C)cc(-n2ccc(=O)[nH]c2=O)cc1C(C)(C)C.Cc1ccc2cc(O)ccc2c1. The lowest BCUT2D eigenvalue weighted by molar-refractivity contribution is 0.394. The van der Waals surface area contributed by atoms with Gasteiger partial charge in [-0.1, -0.05) is 104 Å². The van der Waals surface area contributed by atoms with Gasteiger partial charge in [-0.3, -0.25) is 28.7 Å². The Labute approximate surface area is 385 Å². The normalized spacial score (nSPS) is 11.0. The predicted molar refractivity (Wildman–Crippen MR) is 269 cm³/mol. The van der Waals surface area contributed by atoms with Gasteiger partial charge in [0.1, 0.15) is 23.0 Å². The lowest BCUT2D eigenvalue weighted by Gasteiger charge is -2.25. The molecule has 0 aliphatic rings. The topological polar surface area (TPSA) is 169 Å². The first-order chi connectivity index (χ1) is 30.2. The summed E-state index contributed by atoms with van der Waals surface area (Å²) >= 11 is 0. The van der Waals surface area contributed by atoms with Crippen molar-refractivity contribution in [3.05, 3.63) is 186 Å². The summed E-state index contributed by atoms with van der Waals surface area (Å²) in [5.41, 5.74) is 5.04. The van der Waals surface area contributed by atoms with Crippen LogP contribution in [0.25, 0.3) is 44.0 Å². The number of fused-ring (bicyclic) bond motifs is 2. The summed E-state index contributed by atoms with van der Waals surface area (Å²) in [6.07, 6.45) is 2.96. The Morgan fingerprint density at radius 2 is 0.924 bits per heavy atom. The number of hydrogen-bond donors (Lipinski definition) is 4. The molecule has 0 spiro atoms. The van der Waals surface area contributed by atoms with E-state index in [1.54, 1.807) is 38.5 Å². The Morgan fingerprint density at radius 3 is 1.39 bits per heavy atom. The van der Waals surface area contributed by atoms with Crippen LogP contribution in [0, 0.1) is 13.8 Å². The highest BCUT2D eigenvalue weighted by Crippen LogP contribution is 2.42. The fourth-order valence-corrected chi connectivity index (χ4v) is 7.46. The number of H-pyrrole nitrogens is 2. The highest BCUT2D eigenvalue weighted by Gasteiger charge is 2.25. The highest BCUT2D eigenvalue weighted by molar-refractivity contribution is 5.90. The number of phenolic OH excluding ortho intramolecular Hbond substituents is 2. The van der Waals surface area contributed by atoms with Crippen molar-refractivity contribution in [3.8, 4) is 45.5 Å². The number of aromatic amines is 2. The number of rotatable bonds is 5. The number of phenols is 2. The van der Waals surface area contributed by atoms with Crippen LogP contribution in [0.1, 0.15) is 78.6 Å². The maximum Gasteiger partial charge on any atom is 0.332 e. The third-order valence-electron chi connectivity index (χ3n) is 10.7. The second-order valence-electron chi connectivity index (χ2n) is 17.7. The van der Waals surface area contributed by atoms with E-state index in [0.29, 0.717) is 17.1 Å². The monoisotopic (exact) mass is 894 g/mol. The Hall–Kier alpha value is -7.60. The molecule has 4 N–H and O–H groups in total. The number of aromatic nitrogens is 4. The van der Waals surface area contributed by atoms with Crippen LogP contribution in [0.4, 0.5) is 0 Å². The quantitative estimate of drug-likeness (QED) is 0.132. The first-order valence-corrected chi connectivity index (χ1v) is 20.7. The summed E-state index contributed by atoms with van der Waals surface area (Å²) < 4.78 is 14.2. The van der Waals surface area contributed by atoms with Gasteiger partial charge in [0.25, 0.3) is 11.1 Å². The molecular weight excluding hydrogens is 833 g/mol. The van der Waals surface area contributed by atoms with Gasteiger partial charge >= 0.3 is 11.4 Å². The minimum absolute atomic E-state index is 0. The largest absolute Gasteiger partial charge is 0.508 e. The molecule has 0 unspecified atom stereocenters. The fraction of sp³-hybridized carbons (Fsp3) is 0.259. The van der Waals surface area contributed by atoms with Gasteiger partial charge in [0, 0.05) is 41.2 Å². The van der Waals surface area contributed by atoms with E-state index in [1.807, 2.05) is 73.7 Å². The van der Waals surface area contributed by atoms with Crippen LogP contribution in [0.15, 0.2) is 141 Å². The van der Waals surface area contributed by atoms with E-state index in [4.69, 9.17) is 9.47 Å². The molecule has 0 aliphatic carbocycles. The molecule has 0 radical (unpaired) electrons. The van der Waals surface area contributed by atoms with Crippen LogP contribution < -0.4 is 32.0 Å². The van der Waals surface area contributed by atoms with Gasteiger partial charge in [-0.15, -0.1) is 0 Å². The molecule has 8 aromatic rings. The number of nitrogens with one attached hydrogen (secondary N) is 2. The lowest BCUT2D eigenvalue weighted by Crippen LogP contribution is -2.27. The van der Waals surface area contributed by atoms with Crippen molar-refractivity contribution in [2.45, 2.75) is 81.1 Å². The number of ether oxygens (including phenoxy) is 2. The summed E-state index contributed by atoms with van der Waals surface area (Å²) in [5.74, 6) is 2.09. The molecule has 12 nitrogen and oxygen atoms in total. The maximum atomic E-state index is 12.5. The minimum atomic E-state index is -0.502. The highest BCUT2D eigenvalue weighted by atomic mass is 16.5. The minimum Gasteiger partial charge on any atom is -0.508 e. The predicted octanol–water partition coefficient (Wildman–Crippen LogP) is 10.6. The van der Waals surface area contributed by atoms with E-state index in [-0.39, 0.29) is 31.4 Å². The Morgan fingerprint density at radius 1 is 0.500 bits per heavy atom. The first kappa shape index (κ1) is 51.0. The molecule has 0 saturated heterocycles. The zero-order valence-electron chi connectivity index (χ0n) is 37.8. The van der Waals surface area contributed by atoms with Crippen LogP contribution in [-0.4, -0.2) is 43.5 Å². The van der Waals surface area contributed by atoms with Crippen LogP contribution in [0.3, 0.4) is 0 Å². The van der Waals surface area contributed by atoms with Crippen molar-refractivity contribution < 1.29 is 19.7 Å². The van der Waals surface area contributed by atoms with E-state index in [0.717, 1.165) is 55.5 Å². The van der Waals surface area contributed by atoms with Crippen LogP contribution >= 0.6 is 0 Å². The molecule has 2 aromatic heterocycles. The van der Waals surface area contributed by atoms with Crippen LogP contribution in [0.5, 0.6) is 23.0 Å². The Bertz CT molecular complexity index is 3210. The molecule has 6 aromatic carbocycles. The molecule has 0 bridgehead atoms. The van der Waals surface area contributed by atoms with Gasteiger partial charge in [0.05, 0.1) is 25.6 Å². The molecule has 0 saturated carbocycles. The van der Waals surface area contributed by atoms with Gasteiger partial charge in [-0.25, -0.2) is 9.59 Å². The summed E-state index contributed by atoms with van der Waals surface area (Å²) in [5, 5.41) is 23.1. The molecule has 8 rings (SSSR count). The average molecular weight is 895 g/mol. The summed E-state index contributed by atoms with van der Waals surface area (Å²) in [6.45, 7) is 16.5. The number of aromatic hydroxyl groups is 2. The molecule has 66 heavy (non-hydrogen) atoms. The second-order valence-corrected chi connectivity index (χ2v) is 17.7. The fourth-order valence-electron chi connectivity index (χ4n) is 7.46. The zero-order valence-corrected chi connectivity index (χ0v) is 37.8. The van der Waals surface area contributed by atoms with Gasteiger partial charge in [-0.2, -0.15) is 0 Å². The van der Waals surface area contributed by atoms with E-state index >= 15 is 0 Å². The molecule has 12 heteroatoms. The van der Waals surface area contributed by atoms with Crippen molar-refractivity contribution in [1.82, 2.24) is 19.1 Å². The maximum absolute atomic E-state index is 12.5. The number of benzene rings is 6. The van der Waals surface area contributed by atoms with Crippen LogP contribution in [-0.2, 0) is 10.8 Å². The molecule has 0 amide bonds. The number of nitrogens with zero attached hydrogens (tertiary/aromatic N) is 2. The van der Waals surface area contributed by atoms with Gasteiger partial charge < -0.3 is 19.7 Å². The summed E-state index contributed by atoms with van der Waals surface area (Å²) in [6, 6.07) is 33.0. The standard InChI is InChI=1S/C25H24N2O4.C16H20N2O3.C11H10O.2CH4/c1-25(2,3)21-14-18(27-10-9-22(29)26-24(27)30)13-20(23(21)31-4)17-6-5-16-12-19(28)8-7-15(16)11-17;1-10-8-11(18-7-6-13(19)17-15(18)20)9-12(14(10)21-5)16(2,3)4;1-8-2-3-10-7-11(12)5-4-9(10)6-8;;/h5-14,28H,1-4H3,(H,26,29,30);6-9H,1-5H3,(H,17,19,20);2-7,12H,1H3;2*1H4. The van der Waals surface area contributed by atoms with Crippen molar-refractivity contribution in [3.63, 3.8) is 0 Å². The number of methoxy groups -OCH3 is 2. The molecule has 0 fully saturated rings. The van der Waals surface area contributed by atoms with E-state index in [2.05, 4.69) is 64.5 Å². The smallest absolute Gasteiger partial charge is 0.332 e. The average Bonchev–Trinajstić information content (AvgIpc) is 3.22. The molecule has 346 valence electrons. The second kappa shape index (κ2) is 20.5. The van der Waals surface area contributed by atoms with Gasteiger partial charge in [0.15, 0.2) is 0 Å². The lowest BCUT2D eigenvalue weighted by atomic mass is 9.83. The Balaban J connectivity index is 0.000000235. The van der Waals surface area contributed by atoms with Crippen molar-refractivity contribution in [2.75, 3.05) is 14.2 Å². The third kappa shape index (κ3) is 11.6. The molecule has 0 atom stereocenters. The van der Waals surface area contributed by atoms with E-state index < -0.39 is 22.5 Å². The molecular formula is C54H62N4O8. The summed E-state index contributed by atoms with van der Waals surface area (Å²) in [4.78, 5) is 51.7. The molecule has 0 aliphatic heterocycles. The van der Waals surface area contributed by atoms with E-state index in [9.17, 15) is 29.4 Å². The molecule has 2 heterocycles. The van der Waals surface area contributed by atoms with Crippen molar-refractivity contribution in [1.29, 1.82) is 0 Å².